The maximum absolute atomic E-state index is 14.8. The molecule has 0 saturated carbocycles. The molecule has 1 atom stereocenters. The van der Waals surface area contributed by atoms with Crippen LogP contribution < -0.4 is 15.1 Å². The van der Waals surface area contributed by atoms with E-state index >= 15 is 0 Å². The first kappa shape index (κ1) is 20.6. The smallest absolute Gasteiger partial charge is 0.414 e. The van der Waals surface area contributed by atoms with E-state index in [0.717, 1.165) is 12.1 Å². The molecule has 1 N–H and O–H groups in total. The van der Waals surface area contributed by atoms with Gasteiger partial charge in [-0.3, -0.25) is 9.69 Å². The number of hydrogen-bond acceptors (Lipinski definition) is 4. The van der Waals surface area contributed by atoms with Crippen molar-refractivity contribution in [1.29, 1.82) is 0 Å². The number of hydrogen-bond donors (Lipinski definition) is 1. The molecule has 0 spiro atoms. The SMILES string of the molecule is CCC(=O)NC[C@H]1CN(c2cc(F)c(N3CC[Si](C)(C)CC3)c(F)c2)C(=O)O1. The maximum Gasteiger partial charge on any atom is 0.414 e. The molecule has 0 bridgehead atoms. The summed E-state index contributed by atoms with van der Waals surface area (Å²) in [5, 5.41) is 2.65. The predicted octanol–water partition coefficient (Wildman–Crippen LogP) is 3.34. The van der Waals surface area contributed by atoms with Gasteiger partial charge in [-0.25, -0.2) is 13.6 Å². The van der Waals surface area contributed by atoms with Gasteiger partial charge in [-0.15, -0.1) is 0 Å². The number of nitrogens with zero attached hydrogens (tertiary/aromatic N) is 2. The zero-order valence-corrected chi connectivity index (χ0v) is 17.6. The summed E-state index contributed by atoms with van der Waals surface area (Å²) < 4.78 is 34.7. The van der Waals surface area contributed by atoms with Gasteiger partial charge in [-0.2, -0.15) is 0 Å². The van der Waals surface area contributed by atoms with Gasteiger partial charge in [-0.05, 0) is 12.1 Å². The average Bonchev–Trinajstić information content (AvgIpc) is 3.01. The summed E-state index contributed by atoms with van der Waals surface area (Å²) in [6.45, 7) is 7.91. The summed E-state index contributed by atoms with van der Waals surface area (Å²) in [6, 6.07) is 4.36. The molecule has 0 unspecified atom stereocenters. The maximum atomic E-state index is 14.8. The summed E-state index contributed by atoms with van der Waals surface area (Å²) in [5.41, 5.74) is 0.104. The van der Waals surface area contributed by atoms with Gasteiger partial charge in [0.15, 0.2) is 11.6 Å². The quantitative estimate of drug-likeness (QED) is 0.755. The Hall–Kier alpha value is -2.16. The van der Waals surface area contributed by atoms with Gasteiger partial charge in [0.05, 0.1) is 26.9 Å². The lowest BCUT2D eigenvalue weighted by Crippen LogP contribution is -2.43. The Balaban J connectivity index is 1.72. The van der Waals surface area contributed by atoms with Crippen LogP contribution in [0.25, 0.3) is 0 Å². The molecule has 2 fully saturated rings. The molecule has 2 amide bonds. The zero-order chi connectivity index (χ0) is 20.5. The third-order valence-electron chi connectivity index (χ3n) is 5.47. The minimum Gasteiger partial charge on any atom is -0.442 e. The lowest BCUT2D eigenvalue weighted by molar-refractivity contribution is -0.121. The van der Waals surface area contributed by atoms with Gasteiger partial charge >= 0.3 is 6.09 Å². The number of ether oxygens (including phenoxy) is 1. The molecule has 28 heavy (non-hydrogen) atoms. The lowest BCUT2D eigenvalue weighted by atomic mass is 10.2. The molecular formula is C19H27F2N3O3Si. The molecular weight excluding hydrogens is 384 g/mol. The number of anilines is 2. The van der Waals surface area contributed by atoms with Crippen LogP contribution in [0.4, 0.5) is 25.0 Å². The predicted molar refractivity (Wildman–Crippen MR) is 107 cm³/mol. The Labute approximate surface area is 164 Å². The normalized spacial score (nSPS) is 21.6. The number of benzene rings is 1. The fourth-order valence-electron chi connectivity index (χ4n) is 3.54. The Morgan fingerprint density at radius 1 is 1.25 bits per heavy atom. The Morgan fingerprint density at radius 3 is 2.43 bits per heavy atom. The third kappa shape index (κ3) is 4.45. The standard InChI is InChI=1S/C19H27F2N3O3Si/c1-4-17(25)22-11-14-12-24(19(26)27-14)13-9-15(20)18(16(21)10-13)23-5-7-28(2,3)8-6-23/h9-10,14H,4-8,11-12H2,1-3H3,(H,22,25)/t14-/m0/s1. The topological polar surface area (TPSA) is 61.9 Å². The lowest BCUT2D eigenvalue weighted by Gasteiger charge is -2.37. The van der Waals surface area contributed by atoms with Crippen molar-refractivity contribution < 1.29 is 23.1 Å². The summed E-state index contributed by atoms with van der Waals surface area (Å²) >= 11 is 0. The van der Waals surface area contributed by atoms with Crippen LogP contribution in [-0.2, 0) is 9.53 Å². The molecule has 2 aliphatic rings. The van der Waals surface area contributed by atoms with E-state index in [4.69, 9.17) is 4.74 Å². The van der Waals surface area contributed by atoms with Crippen molar-refractivity contribution >= 4 is 31.4 Å². The van der Waals surface area contributed by atoms with Crippen LogP contribution >= 0.6 is 0 Å². The van der Waals surface area contributed by atoms with Gasteiger partial charge in [-0.1, -0.05) is 20.0 Å². The number of carbonyl (C=O) groups is 2. The van der Waals surface area contributed by atoms with Gasteiger partial charge in [0.1, 0.15) is 11.8 Å². The number of halogens is 2. The second-order valence-electron chi connectivity index (χ2n) is 8.18. The Kier molecular flexibility index (Phi) is 5.92. The van der Waals surface area contributed by atoms with Crippen LogP contribution in [0.3, 0.4) is 0 Å². The molecule has 0 radical (unpaired) electrons. The largest absolute Gasteiger partial charge is 0.442 e. The van der Waals surface area contributed by atoms with Crippen molar-refractivity contribution in [2.24, 2.45) is 0 Å². The van der Waals surface area contributed by atoms with E-state index in [1.165, 1.54) is 17.0 Å². The van der Waals surface area contributed by atoms with Crippen LogP contribution in [0.15, 0.2) is 12.1 Å². The van der Waals surface area contributed by atoms with Crippen LogP contribution in [0, 0.1) is 11.6 Å². The highest BCUT2D eigenvalue weighted by Crippen LogP contribution is 2.34. The van der Waals surface area contributed by atoms with Crippen LogP contribution in [0.2, 0.25) is 25.2 Å². The van der Waals surface area contributed by atoms with E-state index in [0.29, 0.717) is 19.5 Å². The van der Waals surface area contributed by atoms with Gasteiger partial charge in [0.2, 0.25) is 5.91 Å². The fraction of sp³-hybridized carbons (Fsp3) is 0.579. The van der Waals surface area contributed by atoms with Crippen molar-refractivity contribution in [3.05, 3.63) is 23.8 Å². The zero-order valence-electron chi connectivity index (χ0n) is 16.6. The minimum atomic E-state index is -1.25. The first-order valence-electron chi connectivity index (χ1n) is 9.69. The molecule has 1 aromatic rings. The number of amides is 2. The monoisotopic (exact) mass is 411 g/mol. The minimum absolute atomic E-state index is 0.0208. The van der Waals surface area contributed by atoms with Crippen LogP contribution in [0.1, 0.15) is 13.3 Å². The van der Waals surface area contributed by atoms with Gasteiger partial charge in [0.25, 0.3) is 0 Å². The molecule has 154 valence electrons. The first-order chi connectivity index (χ1) is 13.2. The highest BCUT2D eigenvalue weighted by molar-refractivity contribution is 6.77. The highest BCUT2D eigenvalue weighted by Gasteiger charge is 2.34. The molecule has 2 saturated heterocycles. The van der Waals surface area contributed by atoms with E-state index in [9.17, 15) is 18.4 Å². The van der Waals surface area contributed by atoms with Gasteiger partial charge < -0.3 is 15.0 Å². The highest BCUT2D eigenvalue weighted by atomic mass is 28.3. The number of rotatable bonds is 5. The van der Waals surface area contributed by atoms with Crippen molar-refractivity contribution in [2.75, 3.05) is 36.0 Å². The van der Waals surface area contributed by atoms with Crippen LogP contribution in [0.5, 0.6) is 0 Å². The van der Waals surface area contributed by atoms with E-state index in [-0.39, 0.29) is 30.4 Å². The van der Waals surface area contributed by atoms with Crippen molar-refractivity contribution in [3.63, 3.8) is 0 Å². The van der Waals surface area contributed by atoms with E-state index in [1.807, 2.05) is 0 Å². The second kappa shape index (κ2) is 8.06. The first-order valence-corrected chi connectivity index (χ1v) is 13.1. The summed E-state index contributed by atoms with van der Waals surface area (Å²) in [6.07, 6.45) is -0.894. The summed E-state index contributed by atoms with van der Waals surface area (Å²) in [5.74, 6) is -1.50. The molecule has 3 rings (SSSR count). The molecule has 0 aromatic heterocycles. The summed E-state index contributed by atoms with van der Waals surface area (Å²) in [7, 11) is -1.25. The van der Waals surface area contributed by atoms with E-state index < -0.39 is 31.9 Å². The third-order valence-corrected chi connectivity index (χ3v) is 8.62. The van der Waals surface area contributed by atoms with Crippen molar-refractivity contribution in [1.82, 2.24) is 5.32 Å². The fourth-order valence-corrected chi connectivity index (χ4v) is 5.54. The second-order valence-corrected chi connectivity index (χ2v) is 13.5. The average molecular weight is 412 g/mol. The summed E-state index contributed by atoms with van der Waals surface area (Å²) in [4.78, 5) is 26.4. The number of nitrogens with one attached hydrogen (secondary N) is 1. The van der Waals surface area contributed by atoms with Crippen molar-refractivity contribution in [2.45, 2.75) is 44.6 Å². The van der Waals surface area contributed by atoms with Crippen LogP contribution in [-0.4, -0.2) is 52.4 Å². The number of carbonyl (C=O) groups excluding carboxylic acids is 2. The Morgan fingerprint density at radius 2 is 1.86 bits per heavy atom. The number of cyclic esters (lactones) is 1. The molecule has 6 nitrogen and oxygen atoms in total. The van der Waals surface area contributed by atoms with E-state index in [1.54, 1.807) is 11.8 Å². The molecule has 2 heterocycles. The molecule has 0 aliphatic carbocycles. The molecule has 1 aromatic carbocycles. The molecule has 2 aliphatic heterocycles. The van der Waals surface area contributed by atoms with Gasteiger partial charge in [0, 0.05) is 31.6 Å². The van der Waals surface area contributed by atoms with E-state index in [2.05, 4.69) is 18.4 Å². The molecule has 9 heteroatoms. The van der Waals surface area contributed by atoms with Crippen molar-refractivity contribution in [3.8, 4) is 0 Å². The Bertz CT molecular complexity index is 742.